The van der Waals surface area contributed by atoms with Crippen LogP contribution in [-0.2, 0) is 13.0 Å². The number of aliphatic hydroxyl groups is 1. The monoisotopic (exact) mass is 301 g/mol. The first-order chi connectivity index (χ1) is 10.7. The van der Waals surface area contributed by atoms with E-state index in [4.69, 9.17) is 4.42 Å². The standard InChI is InChI=1S/C17H19NO4/c19-8-7-18(10-13-9-16(20)17(21)11-22-13)15-6-5-12-3-1-2-4-14(12)15/h1-4,9,11,15,19,21H,5-8,10H2. The fraction of sp³-hybridized carbons (Fsp3) is 0.353. The Kier molecular flexibility index (Phi) is 4.27. The highest BCUT2D eigenvalue weighted by molar-refractivity contribution is 5.34. The fourth-order valence-corrected chi connectivity index (χ4v) is 3.11. The molecular weight excluding hydrogens is 282 g/mol. The van der Waals surface area contributed by atoms with E-state index in [-0.39, 0.29) is 18.4 Å². The Morgan fingerprint density at radius 3 is 2.91 bits per heavy atom. The molecule has 2 aromatic rings. The van der Waals surface area contributed by atoms with Gasteiger partial charge in [-0.3, -0.25) is 9.69 Å². The molecule has 116 valence electrons. The lowest BCUT2D eigenvalue weighted by atomic mass is 10.1. The summed E-state index contributed by atoms with van der Waals surface area (Å²) in [6.45, 7) is 0.972. The molecule has 2 N–H and O–H groups in total. The number of fused-ring (bicyclic) bond motifs is 1. The zero-order valence-corrected chi connectivity index (χ0v) is 12.2. The number of nitrogens with zero attached hydrogens (tertiary/aromatic N) is 1. The third-order valence-electron chi connectivity index (χ3n) is 4.15. The van der Waals surface area contributed by atoms with Gasteiger partial charge in [0.05, 0.1) is 13.2 Å². The number of hydrogen-bond donors (Lipinski definition) is 2. The Labute approximate surface area is 128 Å². The van der Waals surface area contributed by atoms with Crippen molar-refractivity contribution in [2.24, 2.45) is 0 Å². The highest BCUT2D eigenvalue weighted by Crippen LogP contribution is 2.36. The molecule has 1 aliphatic carbocycles. The zero-order chi connectivity index (χ0) is 15.5. The second-order valence-electron chi connectivity index (χ2n) is 5.54. The molecule has 0 saturated heterocycles. The Morgan fingerprint density at radius 1 is 1.32 bits per heavy atom. The van der Waals surface area contributed by atoms with Crippen LogP contribution in [0.1, 0.15) is 29.3 Å². The molecule has 1 atom stereocenters. The molecule has 0 amide bonds. The summed E-state index contributed by atoms with van der Waals surface area (Å²) >= 11 is 0. The first kappa shape index (κ1) is 14.8. The molecule has 5 heteroatoms. The average Bonchev–Trinajstić information content (AvgIpc) is 2.94. The molecule has 1 aromatic carbocycles. The van der Waals surface area contributed by atoms with Crippen molar-refractivity contribution >= 4 is 0 Å². The summed E-state index contributed by atoms with van der Waals surface area (Å²) in [4.78, 5) is 13.6. The first-order valence-electron chi connectivity index (χ1n) is 7.42. The topological polar surface area (TPSA) is 73.9 Å². The Bertz CT molecular complexity index is 710. The van der Waals surface area contributed by atoms with E-state index in [1.807, 2.05) is 12.1 Å². The largest absolute Gasteiger partial charge is 0.502 e. The summed E-state index contributed by atoms with van der Waals surface area (Å²) in [7, 11) is 0. The number of aliphatic hydroxyl groups excluding tert-OH is 1. The van der Waals surface area contributed by atoms with E-state index in [0.29, 0.717) is 18.8 Å². The van der Waals surface area contributed by atoms with Crippen LogP contribution in [0.5, 0.6) is 5.75 Å². The van der Waals surface area contributed by atoms with Crippen molar-refractivity contribution in [3.8, 4) is 5.75 Å². The van der Waals surface area contributed by atoms with E-state index < -0.39 is 5.43 Å². The van der Waals surface area contributed by atoms with Gasteiger partial charge in [0.15, 0.2) is 5.75 Å². The third kappa shape index (κ3) is 2.91. The third-order valence-corrected chi connectivity index (χ3v) is 4.15. The molecule has 1 aliphatic rings. The lowest BCUT2D eigenvalue weighted by Crippen LogP contribution is -2.30. The highest BCUT2D eigenvalue weighted by atomic mass is 16.4. The van der Waals surface area contributed by atoms with Crippen molar-refractivity contribution in [3.05, 3.63) is 63.7 Å². The maximum absolute atomic E-state index is 11.5. The molecular formula is C17H19NO4. The molecule has 0 spiro atoms. The van der Waals surface area contributed by atoms with Gasteiger partial charge in [0, 0.05) is 18.7 Å². The van der Waals surface area contributed by atoms with E-state index in [2.05, 4.69) is 17.0 Å². The van der Waals surface area contributed by atoms with E-state index in [0.717, 1.165) is 19.1 Å². The van der Waals surface area contributed by atoms with Gasteiger partial charge in [-0.25, -0.2) is 0 Å². The number of aromatic hydroxyl groups is 1. The van der Waals surface area contributed by atoms with E-state index in [1.165, 1.54) is 17.2 Å². The molecule has 1 heterocycles. The van der Waals surface area contributed by atoms with Crippen molar-refractivity contribution in [2.45, 2.75) is 25.4 Å². The smallest absolute Gasteiger partial charge is 0.226 e. The van der Waals surface area contributed by atoms with Crippen LogP contribution >= 0.6 is 0 Å². The van der Waals surface area contributed by atoms with Crippen molar-refractivity contribution in [1.82, 2.24) is 4.90 Å². The van der Waals surface area contributed by atoms with Crippen molar-refractivity contribution < 1.29 is 14.6 Å². The quantitative estimate of drug-likeness (QED) is 0.881. The summed E-state index contributed by atoms with van der Waals surface area (Å²) in [5.41, 5.74) is 2.16. The van der Waals surface area contributed by atoms with Gasteiger partial charge in [0.25, 0.3) is 0 Å². The van der Waals surface area contributed by atoms with Crippen LogP contribution in [-0.4, -0.2) is 28.3 Å². The molecule has 5 nitrogen and oxygen atoms in total. The van der Waals surface area contributed by atoms with Gasteiger partial charge in [0.1, 0.15) is 12.0 Å². The number of rotatable bonds is 5. The van der Waals surface area contributed by atoms with Gasteiger partial charge in [-0.05, 0) is 24.0 Å². The molecule has 0 aliphatic heterocycles. The SMILES string of the molecule is O=c1cc(CN(CCO)C2CCc3ccccc32)occ1O. The summed E-state index contributed by atoms with van der Waals surface area (Å²) in [5.74, 6) is 0.101. The molecule has 0 radical (unpaired) electrons. The predicted octanol–water partition coefficient (Wildman–Crippen LogP) is 1.83. The van der Waals surface area contributed by atoms with Crippen LogP contribution in [0.4, 0.5) is 0 Å². The van der Waals surface area contributed by atoms with Crippen molar-refractivity contribution in [1.29, 1.82) is 0 Å². The normalized spacial score (nSPS) is 16.9. The summed E-state index contributed by atoms with van der Waals surface area (Å²) in [5, 5.41) is 18.6. The number of hydrogen-bond acceptors (Lipinski definition) is 5. The molecule has 1 aromatic heterocycles. The minimum Gasteiger partial charge on any atom is -0.502 e. The Hall–Kier alpha value is -2.11. The lowest BCUT2D eigenvalue weighted by molar-refractivity contribution is 0.133. The molecule has 3 rings (SSSR count). The van der Waals surface area contributed by atoms with Crippen LogP contribution in [0, 0.1) is 0 Å². The maximum atomic E-state index is 11.5. The van der Waals surface area contributed by atoms with Gasteiger partial charge in [-0.15, -0.1) is 0 Å². The lowest BCUT2D eigenvalue weighted by Gasteiger charge is -2.28. The van der Waals surface area contributed by atoms with Crippen LogP contribution in [0.25, 0.3) is 0 Å². The predicted molar refractivity (Wildman–Crippen MR) is 81.6 cm³/mol. The molecule has 22 heavy (non-hydrogen) atoms. The molecule has 0 fully saturated rings. The molecule has 0 saturated carbocycles. The number of benzene rings is 1. The Balaban J connectivity index is 1.84. The summed E-state index contributed by atoms with van der Waals surface area (Å²) < 4.78 is 5.29. The van der Waals surface area contributed by atoms with Crippen molar-refractivity contribution in [2.75, 3.05) is 13.2 Å². The molecule has 0 bridgehead atoms. The number of aryl methyl sites for hydroxylation is 1. The van der Waals surface area contributed by atoms with Gasteiger partial charge >= 0.3 is 0 Å². The van der Waals surface area contributed by atoms with Gasteiger partial charge in [-0.1, -0.05) is 24.3 Å². The minimum atomic E-state index is -0.447. The fourth-order valence-electron chi connectivity index (χ4n) is 3.11. The Morgan fingerprint density at radius 2 is 2.14 bits per heavy atom. The zero-order valence-electron chi connectivity index (χ0n) is 12.2. The van der Waals surface area contributed by atoms with Crippen molar-refractivity contribution in [3.63, 3.8) is 0 Å². The van der Waals surface area contributed by atoms with E-state index >= 15 is 0 Å². The first-order valence-corrected chi connectivity index (χ1v) is 7.42. The van der Waals surface area contributed by atoms with Crippen LogP contribution in [0.2, 0.25) is 0 Å². The summed E-state index contributed by atoms with van der Waals surface area (Å²) in [6.07, 6.45) is 3.07. The van der Waals surface area contributed by atoms with Gasteiger partial charge in [-0.2, -0.15) is 0 Å². The second kappa shape index (κ2) is 6.34. The van der Waals surface area contributed by atoms with E-state index in [9.17, 15) is 15.0 Å². The van der Waals surface area contributed by atoms with Gasteiger partial charge < -0.3 is 14.6 Å². The van der Waals surface area contributed by atoms with Crippen LogP contribution in [0.3, 0.4) is 0 Å². The molecule has 1 unspecified atom stereocenters. The van der Waals surface area contributed by atoms with Crippen LogP contribution < -0.4 is 5.43 Å². The average molecular weight is 301 g/mol. The second-order valence-corrected chi connectivity index (χ2v) is 5.54. The maximum Gasteiger partial charge on any atom is 0.226 e. The minimum absolute atomic E-state index is 0.0426. The van der Waals surface area contributed by atoms with Crippen LogP contribution in [0.15, 0.2) is 45.8 Å². The summed E-state index contributed by atoms with van der Waals surface area (Å²) in [6, 6.07) is 9.83. The van der Waals surface area contributed by atoms with Gasteiger partial charge in [0.2, 0.25) is 5.43 Å². The highest BCUT2D eigenvalue weighted by Gasteiger charge is 2.27. The van der Waals surface area contributed by atoms with E-state index in [1.54, 1.807) is 0 Å².